The SMILES string of the molecule is Cc1[c-]c(C2[N-]C(C)C(C)C(C)C2C)c(C)cc1F.[CH3-].[Ir+3]. The topological polar surface area (TPSA) is 14.1 Å². The Morgan fingerprint density at radius 1 is 1.05 bits per heavy atom. The van der Waals surface area contributed by atoms with Crippen LogP contribution in [0.15, 0.2) is 6.07 Å². The van der Waals surface area contributed by atoms with Gasteiger partial charge >= 0.3 is 20.1 Å². The molecule has 21 heavy (non-hydrogen) atoms. The molecule has 0 aromatic heterocycles. The van der Waals surface area contributed by atoms with Gasteiger partial charge in [0.05, 0.1) is 0 Å². The molecule has 5 atom stereocenters. The maximum absolute atomic E-state index is 13.6. The molecule has 120 valence electrons. The fraction of sp³-hybridized carbons (Fsp3) is 0.611. The summed E-state index contributed by atoms with van der Waals surface area (Å²) < 4.78 is 13.6. The van der Waals surface area contributed by atoms with Gasteiger partial charge in [-0.05, 0) is 5.92 Å². The first-order valence-electron chi connectivity index (χ1n) is 7.21. The second-order valence-electron chi connectivity index (χ2n) is 6.25. The van der Waals surface area contributed by atoms with Crippen molar-refractivity contribution < 1.29 is 24.5 Å². The summed E-state index contributed by atoms with van der Waals surface area (Å²) in [5.74, 6) is 1.54. The number of rotatable bonds is 1. The van der Waals surface area contributed by atoms with Gasteiger partial charge in [0.2, 0.25) is 0 Å². The van der Waals surface area contributed by atoms with Crippen molar-refractivity contribution in [3.8, 4) is 0 Å². The van der Waals surface area contributed by atoms with Gasteiger partial charge < -0.3 is 12.7 Å². The largest absolute Gasteiger partial charge is 3.00 e. The van der Waals surface area contributed by atoms with Crippen LogP contribution < -0.4 is 0 Å². The molecule has 1 aromatic rings. The number of aryl methyl sites for hydroxylation is 2. The van der Waals surface area contributed by atoms with Crippen molar-refractivity contribution in [3.63, 3.8) is 0 Å². The Balaban J connectivity index is 0.00000200. The molecule has 1 heterocycles. The molecule has 0 bridgehead atoms. The monoisotopic (exact) mass is 469 g/mol. The Bertz CT molecular complexity index is 475. The molecule has 0 saturated carbocycles. The predicted molar refractivity (Wildman–Crippen MR) is 84.2 cm³/mol. The third kappa shape index (κ3) is 3.94. The molecular formula is C18H27FIrN. The first-order valence-corrected chi connectivity index (χ1v) is 7.21. The summed E-state index contributed by atoms with van der Waals surface area (Å²) in [6, 6.07) is 5.36. The normalized spacial score (nSPS) is 32.0. The Morgan fingerprint density at radius 3 is 2.19 bits per heavy atom. The van der Waals surface area contributed by atoms with Crippen LogP contribution in [0.3, 0.4) is 0 Å². The Labute approximate surface area is 143 Å². The molecule has 3 heteroatoms. The maximum atomic E-state index is 13.6. The van der Waals surface area contributed by atoms with Crippen molar-refractivity contribution >= 4 is 0 Å². The minimum Gasteiger partial charge on any atom is -0.654 e. The summed E-state index contributed by atoms with van der Waals surface area (Å²) in [5.41, 5.74) is 2.65. The first kappa shape index (κ1) is 20.8. The molecule has 0 spiro atoms. The molecule has 0 aliphatic carbocycles. The van der Waals surface area contributed by atoms with Gasteiger partial charge in [-0.25, -0.2) is 0 Å². The molecule has 5 unspecified atom stereocenters. The van der Waals surface area contributed by atoms with E-state index in [0.29, 0.717) is 29.4 Å². The number of halogens is 1. The molecule has 2 rings (SSSR count). The van der Waals surface area contributed by atoms with Crippen LogP contribution in [-0.2, 0) is 20.1 Å². The average molecular weight is 469 g/mol. The quantitative estimate of drug-likeness (QED) is 0.489. The summed E-state index contributed by atoms with van der Waals surface area (Å²) in [6.07, 6.45) is 0. The van der Waals surface area contributed by atoms with Gasteiger partial charge in [-0.3, -0.25) is 4.39 Å². The standard InChI is InChI=1S/C17H24FN.CH3.Ir/c1-9-8-16(18)10(2)7-15(9)17-13(5)11(3)12(4)14(6)19-17;;/h8,11-14,17H,1-6H3;1H3;/q-2;-1;+3. The number of hydrogen-bond donors (Lipinski definition) is 0. The van der Waals surface area contributed by atoms with Crippen molar-refractivity contribution in [2.75, 3.05) is 0 Å². The molecule has 1 fully saturated rings. The van der Waals surface area contributed by atoms with Crippen molar-refractivity contribution in [3.05, 3.63) is 47.4 Å². The average Bonchev–Trinajstić information content (AvgIpc) is 2.36. The molecule has 1 aliphatic heterocycles. The van der Waals surface area contributed by atoms with Crippen LogP contribution in [0, 0.1) is 50.9 Å². The van der Waals surface area contributed by atoms with Crippen LogP contribution in [-0.4, -0.2) is 6.04 Å². The van der Waals surface area contributed by atoms with Gasteiger partial charge in [0, 0.05) is 5.82 Å². The van der Waals surface area contributed by atoms with Gasteiger partial charge in [0.15, 0.2) is 0 Å². The van der Waals surface area contributed by atoms with E-state index in [9.17, 15) is 4.39 Å². The number of hydrogen-bond acceptors (Lipinski definition) is 0. The molecule has 0 amide bonds. The number of piperidine rings is 1. The molecule has 1 saturated heterocycles. The summed E-state index contributed by atoms with van der Waals surface area (Å²) in [4.78, 5) is 0. The van der Waals surface area contributed by atoms with Crippen LogP contribution in [0.5, 0.6) is 0 Å². The molecule has 0 N–H and O–H groups in total. The molecule has 1 nitrogen and oxygen atoms in total. The van der Waals surface area contributed by atoms with Crippen LogP contribution in [0.2, 0.25) is 0 Å². The number of nitrogens with zero attached hydrogens (tertiary/aromatic N) is 1. The van der Waals surface area contributed by atoms with E-state index in [4.69, 9.17) is 5.32 Å². The van der Waals surface area contributed by atoms with Gasteiger partial charge in [0.25, 0.3) is 0 Å². The van der Waals surface area contributed by atoms with Crippen LogP contribution in [0.1, 0.15) is 50.4 Å². The van der Waals surface area contributed by atoms with Crippen LogP contribution in [0.25, 0.3) is 5.32 Å². The van der Waals surface area contributed by atoms with Crippen LogP contribution >= 0.6 is 0 Å². The Kier molecular flexibility index (Phi) is 7.76. The summed E-state index contributed by atoms with van der Waals surface area (Å²) >= 11 is 0. The van der Waals surface area contributed by atoms with Crippen molar-refractivity contribution in [1.82, 2.24) is 0 Å². The third-order valence-electron chi connectivity index (χ3n) is 5.06. The Hall–Kier alpha value is -0.241. The fourth-order valence-electron chi connectivity index (χ4n) is 3.11. The van der Waals surface area contributed by atoms with Gasteiger partial charge in [0.1, 0.15) is 0 Å². The number of benzene rings is 1. The summed E-state index contributed by atoms with van der Waals surface area (Å²) in [6.45, 7) is 12.8. The molecule has 1 aromatic carbocycles. The fourth-order valence-corrected chi connectivity index (χ4v) is 3.11. The van der Waals surface area contributed by atoms with Crippen LogP contribution in [0.4, 0.5) is 4.39 Å². The molecule has 1 aliphatic rings. The van der Waals surface area contributed by atoms with Crippen molar-refractivity contribution in [1.29, 1.82) is 0 Å². The minimum absolute atomic E-state index is 0. The zero-order chi connectivity index (χ0) is 14.3. The second kappa shape index (κ2) is 7.85. The van der Waals surface area contributed by atoms with Crippen molar-refractivity contribution in [2.24, 2.45) is 17.8 Å². The minimum atomic E-state index is -0.167. The van der Waals surface area contributed by atoms with Gasteiger partial charge in [-0.1, -0.05) is 53.4 Å². The van der Waals surface area contributed by atoms with E-state index < -0.39 is 0 Å². The second-order valence-corrected chi connectivity index (χ2v) is 6.25. The van der Waals surface area contributed by atoms with Crippen molar-refractivity contribution in [2.45, 2.75) is 53.6 Å². The summed E-state index contributed by atoms with van der Waals surface area (Å²) in [7, 11) is 0. The predicted octanol–water partition coefficient (Wildman–Crippen LogP) is 5.42. The zero-order valence-electron chi connectivity index (χ0n) is 14.1. The molecule has 0 radical (unpaired) electrons. The van der Waals surface area contributed by atoms with E-state index >= 15 is 0 Å². The summed E-state index contributed by atoms with van der Waals surface area (Å²) in [5, 5.41) is 4.94. The maximum Gasteiger partial charge on any atom is 3.00 e. The van der Waals surface area contributed by atoms with E-state index in [1.165, 1.54) is 0 Å². The van der Waals surface area contributed by atoms with E-state index in [0.717, 1.165) is 11.1 Å². The van der Waals surface area contributed by atoms with Gasteiger partial charge in [-0.15, -0.1) is 23.7 Å². The van der Waals surface area contributed by atoms with E-state index in [1.54, 1.807) is 13.0 Å². The first-order chi connectivity index (χ1) is 8.82. The Morgan fingerprint density at radius 2 is 1.62 bits per heavy atom. The van der Waals surface area contributed by atoms with E-state index in [1.807, 2.05) is 6.92 Å². The smallest absolute Gasteiger partial charge is 0.654 e. The zero-order valence-corrected chi connectivity index (χ0v) is 16.5. The molecular weight excluding hydrogens is 441 g/mol. The van der Waals surface area contributed by atoms with E-state index in [-0.39, 0.29) is 39.4 Å². The third-order valence-corrected chi connectivity index (χ3v) is 5.06. The van der Waals surface area contributed by atoms with E-state index in [2.05, 4.69) is 33.8 Å². The van der Waals surface area contributed by atoms with Gasteiger partial charge in [-0.2, -0.15) is 17.2 Å².